The molecule has 0 aromatic heterocycles. The molecule has 1 saturated heterocycles. The Morgan fingerprint density at radius 1 is 0.746 bits per heavy atom. The summed E-state index contributed by atoms with van der Waals surface area (Å²) in [6.45, 7) is 15.6. The van der Waals surface area contributed by atoms with Gasteiger partial charge in [0.15, 0.2) is 6.29 Å². The van der Waals surface area contributed by atoms with Crippen LogP contribution in [0.5, 0.6) is 11.5 Å². The summed E-state index contributed by atoms with van der Waals surface area (Å²) < 4.78 is 74.5. The van der Waals surface area contributed by atoms with Gasteiger partial charge in [-0.05, 0) is 68.7 Å². The van der Waals surface area contributed by atoms with Crippen LogP contribution in [0.3, 0.4) is 0 Å². The van der Waals surface area contributed by atoms with Crippen molar-refractivity contribution in [3.8, 4) is 17.6 Å². The van der Waals surface area contributed by atoms with Crippen LogP contribution in [0.15, 0.2) is 78.9 Å². The summed E-state index contributed by atoms with van der Waals surface area (Å²) in [5, 5.41) is 12.2. The van der Waals surface area contributed by atoms with E-state index in [0.717, 1.165) is 16.7 Å². The van der Waals surface area contributed by atoms with Crippen LogP contribution in [0.4, 0.5) is 0 Å². The number of nitrogens with one attached hydrogen (secondary N) is 1. The van der Waals surface area contributed by atoms with E-state index < -0.39 is 62.6 Å². The van der Waals surface area contributed by atoms with Crippen LogP contribution in [-0.2, 0) is 66.9 Å². The Kier molecular flexibility index (Phi) is 25.6. The van der Waals surface area contributed by atoms with Crippen molar-refractivity contribution in [3.63, 3.8) is 0 Å². The fourth-order valence-electron chi connectivity index (χ4n) is 8.07. The highest BCUT2D eigenvalue weighted by Crippen LogP contribution is 2.48. The number of hydrogen-bond donors (Lipinski definition) is 1. The first-order valence-corrected chi connectivity index (χ1v) is 25.1. The summed E-state index contributed by atoms with van der Waals surface area (Å²) in [7, 11) is 1.59. The van der Waals surface area contributed by atoms with Gasteiger partial charge in [-0.25, -0.2) is 4.67 Å². The minimum atomic E-state index is -1.67. The number of hydrogen-bond acceptors (Lipinski definition) is 17. The minimum Gasteiger partial charge on any atom is -0.497 e. The molecule has 19 heteroatoms. The molecule has 1 aliphatic rings. The maximum absolute atomic E-state index is 12.2. The number of benzene rings is 3. The largest absolute Gasteiger partial charge is 0.497 e. The molecule has 0 radical (unpaired) electrons. The van der Waals surface area contributed by atoms with Crippen molar-refractivity contribution in [2.45, 2.75) is 110 Å². The Labute approximate surface area is 420 Å². The minimum absolute atomic E-state index is 0.0608. The summed E-state index contributed by atoms with van der Waals surface area (Å²) in [6.07, 6.45) is -2.92. The molecule has 3 aromatic carbocycles. The van der Waals surface area contributed by atoms with E-state index in [9.17, 15) is 19.6 Å². The van der Waals surface area contributed by atoms with E-state index in [1.54, 1.807) is 21.1 Å². The first-order chi connectivity index (χ1) is 34.1. The summed E-state index contributed by atoms with van der Waals surface area (Å²) in [5.74, 6) is -0.416. The van der Waals surface area contributed by atoms with Crippen molar-refractivity contribution in [1.82, 2.24) is 9.99 Å². The maximum atomic E-state index is 12.2. The molecular formula is C52H74N3O15P. The third-order valence-corrected chi connectivity index (χ3v) is 13.5. The molecule has 0 bridgehead atoms. The van der Waals surface area contributed by atoms with Crippen LogP contribution < -0.4 is 14.8 Å². The van der Waals surface area contributed by atoms with Gasteiger partial charge in [0.1, 0.15) is 48.1 Å². The number of amides is 1. The molecule has 1 aliphatic heterocycles. The lowest BCUT2D eigenvalue weighted by Crippen LogP contribution is -2.63. The van der Waals surface area contributed by atoms with Gasteiger partial charge < -0.3 is 61.7 Å². The van der Waals surface area contributed by atoms with Crippen molar-refractivity contribution in [2.24, 2.45) is 5.92 Å². The van der Waals surface area contributed by atoms with Crippen molar-refractivity contribution in [1.29, 1.82) is 5.26 Å². The molecule has 18 nitrogen and oxygen atoms in total. The number of carbonyl (C=O) groups excluding carboxylic acids is 3. The second-order valence-corrected chi connectivity index (χ2v) is 18.7. The van der Waals surface area contributed by atoms with Crippen LogP contribution in [-0.4, -0.2) is 146 Å². The summed E-state index contributed by atoms with van der Waals surface area (Å²) >= 11 is 0. The highest BCUT2D eigenvalue weighted by atomic mass is 31.2. The predicted molar refractivity (Wildman–Crippen MR) is 264 cm³/mol. The van der Waals surface area contributed by atoms with E-state index in [0.29, 0.717) is 11.5 Å². The van der Waals surface area contributed by atoms with E-state index in [1.165, 1.54) is 20.8 Å². The third kappa shape index (κ3) is 18.3. The number of ether oxygens (including phenoxy) is 10. The zero-order valence-corrected chi connectivity index (χ0v) is 43.8. The van der Waals surface area contributed by atoms with Gasteiger partial charge in [0, 0.05) is 38.8 Å². The second-order valence-electron chi connectivity index (χ2n) is 17.3. The van der Waals surface area contributed by atoms with Gasteiger partial charge in [0.05, 0.1) is 86.2 Å². The van der Waals surface area contributed by atoms with Gasteiger partial charge in [-0.3, -0.25) is 14.4 Å². The van der Waals surface area contributed by atoms with Crippen molar-refractivity contribution >= 4 is 26.4 Å². The molecule has 7 atom stereocenters. The monoisotopic (exact) mass is 1010 g/mol. The van der Waals surface area contributed by atoms with Crippen molar-refractivity contribution in [2.75, 3.05) is 80.3 Å². The van der Waals surface area contributed by atoms with Crippen molar-refractivity contribution in [3.05, 3.63) is 95.6 Å². The smallest absolute Gasteiger partial charge is 0.302 e. The Bertz CT molecular complexity index is 2000. The first kappa shape index (κ1) is 58.8. The molecule has 4 rings (SSSR count). The lowest BCUT2D eigenvalue weighted by Gasteiger charge is -2.44. The van der Waals surface area contributed by atoms with Crippen molar-refractivity contribution < 1.29 is 70.8 Å². The molecule has 1 N–H and O–H groups in total. The standard InChI is InChI=1S/C52H74N3O15P/c1-36(2)55(37(3)4)71(67-26-14-25-53)70-47(34-66-52(42-15-12-11-13-16-42,43-17-21-45(59-9)22-18-43)44-19-23-46(60-10)24-20-44)33-63-30-29-61-27-28-62-31-32-64-51-49(54-39(6)56)50(68-41(8)58)38(5)48(69-51)35-65-40(7)57/h11-13,15-24,36-38,47-51H,14,26-35H2,1-10H3,(H,54,56)/t38-,47-,48+,49+,50-,51+,71?/m0/s1. The van der Waals surface area contributed by atoms with Gasteiger partial charge in [-0.15, -0.1) is 0 Å². The van der Waals surface area contributed by atoms with Crippen LogP contribution in [0, 0.1) is 17.2 Å². The molecule has 1 fully saturated rings. The van der Waals surface area contributed by atoms with Crippen LogP contribution >= 0.6 is 8.53 Å². The van der Waals surface area contributed by atoms with E-state index in [4.69, 9.17) is 56.4 Å². The molecule has 1 amide bonds. The van der Waals surface area contributed by atoms with Gasteiger partial charge in [-0.2, -0.15) is 5.26 Å². The number of rotatable bonds is 32. The molecule has 71 heavy (non-hydrogen) atoms. The number of esters is 2. The molecule has 1 unspecified atom stereocenters. The summed E-state index contributed by atoms with van der Waals surface area (Å²) in [5.41, 5.74) is 1.49. The number of methoxy groups -OCH3 is 2. The Hall–Kier alpha value is -4.77. The Morgan fingerprint density at radius 3 is 1.80 bits per heavy atom. The van der Waals surface area contributed by atoms with E-state index in [2.05, 4.69) is 43.8 Å². The lowest BCUT2D eigenvalue weighted by atomic mass is 9.80. The highest BCUT2D eigenvalue weighted by Gasteiger charge is 2.47. The molecule has 1 heterocycles. The number of carbonyl (C=O) groups is 3. The zero-order chi connectivity index (χ0) is 51.8. The highest BCUT2D eigenvalue weighted by molar-refractivity contribution is 7.44. The molecule has 392 valence electrons. The van der Waals surface area contributed by atoms with Gasteiger partial charge >= 0.3 is 11.9 Å². The molecule has 0 spiro atoms. The summed E-state index contributed by atoms with van der Waals surface area (Å²) in [6, 6.07) is 27.1. The molecule has 3 aromatic rings. The maximum Gasteiger partial charge on any atom is 0.302 e. The lowest BCUT2D eigenvalue weighted by molar-refractivity contribution is -0.262. The second kappa shape index (κ2) is 31.0. The molecule has 0 aliphatic carbocycles. The fraction of sp³-hybridized carbons (Fsp3) is 0.577. The van der Waals surface area contributed by atoms with Crippen LogP contribution in [0.1, 0.15) is 78.5 Å². The SMILES string of the molecule is COc1ccc(C(OC[C@H](COCCOCCOCCO[C@@H]2O[C@H](COC(C)=O)[C@H](C)[C@H](OC(C)=O)[C@H]2NC(C)=O)OP(OCCC#N)N(C(C)C)C(C)C)(c2ccccc2)c2ccc(OC)cc2)cc1. The normalized spacial score (nSPS) is 19.0. The number of nitrogens with zero attached hydrogens (tertiary/aromatic N) is 2. The van der Waals surface area contributed by atoms with E-state index >= 15 is 0 Å². The molecular weight excluding hydrogens is 938 g/mol. The van der Waals surface area contributed by atoms with E-state index in [1.807, 2.05) is 78.9 Å². The number of nitriles is 1. The fourth-order valence-corrected chi connectivity index (χ4v) is 9.75. The van der Waals surface area contributed by atoms with Gasteiger partial charge in [0.2, 0.25) is 5.91 Å². The predicted octanol–water partition coefficient (Wildman–Crippen LogP) is 7.10. The van der Waals surface area contributed by atoms with Gasteiger partial charge in [-0.1, -0.05) is 61.5 Å². The Morgan fingerprint density at radius 2 is 1.30 bits per heavy atom. The van der Waals surface area contributed by atoms with Crippen LogP contribution in [0.25, 0.3) is 0 Å². The first-order valence-electron chi connectivity index (χ1n) is 24.0. The molecule has 0 saturated carbocycles. The van der Waals surface area contributed by atoms with E-state index in [-0.39, 0.29) is 90.5 Å². The summed E-state index contributed by atoms with van der Waals surface area (Å²) in [4.78, 5) is 35.8. The quantitative estimate of drug-likeness (QED) is 0.0287. The van der Waals surface area contributed by atoms with Gasteiger partial charge in [0.25, 0.3) is 8.53 Å². The van der Waals surface area contributed by atoms with Crippen LogP contribution in [0.2, 0.25) is 0 Å². The third-order valence-electron chi connectivity index (χ3n) is 11.3. The zero-order valence-electron chi connectivity index (χ0n) is 42.9. The Balaban J connectivity index is 1.44. The topological polar surface area (TPSA) is 201 Å². The average Bonchev–Trinajstić information content (AvgIpc) is 3.34. The average molecular weight is 1010 g/mol.